The Kier molecular flexibility index (Phi) is 7.75. The minimum Gasteiger partial charge on any atom is -0.347 e. The molecule has 1 aromatic carbocycles. The number of aryl methyl sites for hydroxylation is 1. The Morgan fingerprint density at radius 1 is 1.09 bits per heavy atom. The third-order valence-corrected chi connectivity index (χ3v) is 3.83. The summed E-state index contributed by atoms with van der Waals surface area (Å²) in [5.41, 5.74) is 2.48. The number of nitrogens with zero attached hydrogens (tertiary/aromatic N) is 1. The molecule has 0 heterocycles. The third kappa shape index (κ3) is 6.40. The number of nitrogens with one attached hydrogen (secondary N) is 2. The Bertz CT molecular complexity index is 510. The van der Waals surface area contributed by atoms with Gasteiger partial charge in [0.05, 0.1) is 13.1 Å². The molecule has 0 spiro atoms. The number of carbonyl (C=O) groups excluding carboxylic acids is 2. The Labute approximate surface area is 139 Å². The minimum absolute atomic E-state index is 0.0328. The predicted molar refractivity (Wildman–Crippen MR) is 93.1 cm³/mol. The summed E-state index contributed by atoms with van der Waals surface area (Å²) >= 11 is 0. The molecule has 0 aliphatic rings. The van der Waals surface area contributed by atoms with Crippen molar-refractivity contribution >= 4 is 11.8 Å². The van der Waals surface area contributed by atoms with Crippen LogP contribution < -0.4 is 10.6 Å². The first kappa shape index (κ1) is 19.2. The maximum Gasteiger partial charge on any atom is 0.241 e. The first-order valence-electron chi connectivity index (χ1n) is 8.14. The third-order valence-electron chi connectivity index (χ3n) is 3.83. The monoisotopic (exact) mass is 319 g/mol. The number of likely N-dealkylation sites (N-methyl/N-ethyl adjacent to an activating group) is 1. The zero-order valence-corrected chi connectivity index (χ0v) is 14.8. The van der Waals surface area contributed by atoms with E-state index in [2.05, 4.69) is 55.7 Å². The van der Waals surface area contributed by atoms with Crippen molar-refractivity contribution in [1.29, 1.82) is 0 Å². The van der Waals surface area contributed by atoms with Gasteiger partial charge < -0.3 is 15.5 Å². The van der Waals surface area contributed by atoms with E-state index in [4.69, 9.17) is 0 Å². The van der Waals surface area contributed by atoms with Gasteiger partial charge >= 0.3 is 0 Å². The Morgan fingerprint density at radius 3 is 2.17 bits per heavy atom. The quantitative estimate of drug-likeness (QED) is 0.767. The summed E-state index contributed by atoms with van der Waals surface area (Å²) in [6.07, 6.45) is 1.02. The van der Waals surface area contributed by atoms with Crippen LogP contribution in [0.15, 0.2) is 24.3 Å². The van der Waals surface area contributed by atoms with Crippen molar-refractivity contribution in [3.05, 3.63) is 35.4 Å². The van der Waals surface area contributed by atoms with Crippen LogP contribution in [-0.4, -0.2) is 43.9 Å². The molecule has 5 heteroatoms. The lowest BCUT2D eigenvalue weighted by Crippen LogP contribution is -2.41. The van der Waals surface area contributed by atoms with Gasteiger partial charge in [-0.05, 0) is 23.5 Å². The van der Waals surface area contributed by atoms with E-state index in [9.17, 15) is 9.59 Å². The van der Waals surface area contributed by atoms with Gasteiger partial charge in [0, 0.05) is 20.1 Å². The molecule has 0 aromatic heterocycles. The topological polar surface area (TPSA) is 61.4 Å². The van der Waals surface area contributed by atoms with Gasteiger partial charge in [0.25, 0.3) is 0 Å². The molecule has 0 unspecified atom stereocenters. The van der Waals surface area contributed by atoms with Crippen molar-refractivity contribution in [3.8, 4) is 0 Å². The fourth-order valence-corrected chi connectivity index (χ4v) is 2.30. The lowest BCUT2D eigenvalue weighted by atomic mass is 9.95. The molecule has 0 aliphatic heterocycles. The van der Waals surface area contributed by atoms with Gasteiger partial charge in [-0.2, -0.15) is 0 Å². The highest BCUT2D eigenvalue weighted by atomic mass is 16.2. The summed E-state index contributed by atoms with van der Waals surface area (Å²) in [6, 6.07) is 8.59. The molecule has 2 N–H and O–H groups in total. The predicted octanol–water partition coefficient (Wildman–Crippen LogP) is 1.74. The first-order valence-corrected chi connectivity index (χ1v) is 8.14. The van der Waals surface area contributed by atoms with Gasteiger partial charge in [0.15, 0.2) is 0 Å². The summed E-state index contributed by atoms with van der Waals surface area (Å²) in [7, 11) is 3.34. The molecule has 128 valence electrons. The van der Waals surface area contributed by atoms with Gasteiger partial charge in [-0.1, -0.05) is 45.0 Å². The summed E-state index contributed by atoms with van der Waals surface area (Å²) in [5.74, 6) is 0.0728. The van der Waals surface area contributed by atoms with Crippen LogP contribution in [0.1, 0.15) is 37.9 Å². The second kappa shape index (κ2) is 9.30. The summed E-state index contributed by atoms with van der Waals surface area (Å²) in [5, 5.41) is 5.92. The summed E-state index contributed by atoms with van der Waals surface area (Å²) in [4.78, 5) is 24.8. The van der Waals surface area contributed by atoms with Gasteiger partial charge in [-0.15, -0.1) is 0 Å². The highest BCUT2D eigenvalue weighted by molar-refractivity contribution is 5.85. The van der Waals surface area contributed by atoms with Crippen molar-refractivity contribution < 1.29 is 9.59 Å². The number of carbonyl (C=O) groups is 2. The molecule has 5 nitrogen and oxygen atoms in total. The molecule has 0 fully saturated rings. The smallest absolute Gasteiger partial charge is 0.241 e. The van der Waals surface area contributed by atoms with Crippen LogP contribution in [0.5, 0.6) is 0 Å². The number of hydrogen-bond acceptors (Lipinski definition) is 3. The second-order valence-corrected chi connectivity index (χ2v) is 6.26. The average molecular weight is 319 g/mol. The van der Waals surface area contributed by atoms with Crippen LogP contribution in [0, 0.1) is 5.92 Å². The van der Waals surface area contributed by atoms with Gasteiger partial charge in [0.1, 0.15) is 0 Å². The highest BCUT2D eigenvalue weighted by Crippen LogP contribution is 2.21. The molecule has 1 atom stereocenters. The molecule has 1 aromatic rings. The second-order valence-electron chi connectivity index (χ2n) is 6.26. The molecule has 1 rings (SSSR count). The van der Waals surface area contributed by atoms with Crippen molar-refractivity contribution in [2.75, 3.05) is 27.2 Å². The standard InChI is InChI=1S/C18H29N3O2/c1-6-14-7-9-15(10-8-14)18(13(2)3)20-11-16(22)19-12-17(23)21(4)5/h7-10,13,18,20H,6,11-12H2,1-5H3,(H,19,22)/t18-/m1/s1. The van der Waals surface area contributed by atoms with Gasteiger partial charge in [-0.3, -0.25) is 9.59 Å². The fourth-order valence-electron chi connectivity index (χ4n) is 2.30. The van der Waals surface area contributed by atoms with Crippen LogP contribution in [-0.2, 0) is 16.0 Å². The van der Waals surface area contributed by atoms with E-state index < -0.39 is 0 Å². The van der Waals surface area contributed by atoms with Crippen LogP contribution in [0.25, 0.3) is 0 Å². The van der Waals surface area contributed by atoms with Crippen LogP contribution in [0.2, 0.25) is 0 Å². The average Bonchev–Trinajstić information content (AvgIpc) is 2.52. The lowest BCUT2D eigenvalue weighted by molar-refractivity contribution is -0.130. The normalized spacial score (nSPS) is 12.1. The molecule has 0 radical (unpaired) electrons. The van der Waals surface area contributed by atoms with Crippen molar-refractivity contribution in [1.82, 2.24) is 15.5 Å². The molecule has 0 bridgehead atoms. The van der Waals surface area contributed by atoms with E-state index in [1.807, 2.05) is 0 Å². The van der Waals surface area contributed by atoms with E-state index in [1.165, 1.54) is 16.0 Å². The van der Waals surface area contributed by atoms with Crippen LogP contribution in [0.3, 0.4) is 0 Å². The maximum atomic E-state index is 11.9. The van der Waals surface area contributed by atoms with E-state index in [0.717, 1.165) is 6.42 Å². The zero-order chi connectivity index (χ0) is 17.4. The van der Waals surface area contributed by atoms with Crippen molar-refractivity contribution in [3.63, 3.8) is 0 Å². The molecule has 2 amide bonds. The van der Waals surface area contributed by atoms with E-state index in [0.29, 0.717) is 5.92 Å². The largest absolute Gasteiger partial charge is 0.347 e. The number of benzene rings is 1. The molecule has 0 saturated carbocycles. The Hall–Kier alpha value is -1.88. The van der Waals surface area contributed by atoms with Gasteiger partial charge in [-0.25, -0.2) is 0 Å². The van der Waals surface area contributed by atoms with E-state index in [-0.39, 0.29) is 30.9 Å². The Balaban J connectivity index is 2.56. The zero-order valence-electron chi connectivity index (χ0n) is 14.8. The van der Waals surface area contributed by atoms with E-state index in [1.54, 1.807) is 14.1 Å². The molecular weight excluding hydrogens is 290 g/mol. The summed E-state index contributed by atoms with van der Waals surface area (Å²) in [6.45, 7) is 6.61. The minimum atomic E-state index is -0.170. The molecule has 0 aliphatic carbocycles. The first-order chi connectivity index (χ1) is 10.8. The molecular formula is C18H29N3O2. The summed E-state index contributed by atoms with van der Waals surface area (Å²) < 4.78 is 0. The number of hydrogen-bond donors (Lipinski definition) is 2. The van der Waals surface area contributed by atoms with Crippen LogP contribution >= 0.6 is 0 Å². The molecule has 23 heavy (non-hydrogen) atoms. The van der Waals surface area contributed by atoms with Crippen LogP contribution in [0.4, 0.5) is 0 Å². The highest BCUT2D eigenvalue weighted by Gasteiger charge is 2.17. The lowest BCUT2D eigenvalue weighted by Gasteiger charge is -2.23. The van der Waals surface area contributed by atoms with E-state index >= 15 is 0 Å². The number of amides is 2. The SMILES string of the molecule is CCc1ccc([C@H](NCC(=O)NCC(=O)N(C)C)C(C)C)cc1. The number of rotatable bonds is 8. The van der Waals surface area contributed by atoms with Crippen molar-refractivity contribution in [2.24, 2.45) is 5.92 Å². The van der Waals surface area contributed by atoms with Crippen molar-refractivity contribution in [2.45, 2.75) is 33.2 Å². The Morgan fingerprint density at radius 2 is 1.70 bits per heavy atom. The fraction of sp³-hybridized carbons (Fsp3) is 0.556. The maximum absolute atomic E-state index is 11.9. The molecule has 0 saturated heterocycles. The van der Waals surface area contributed by atoms with Gasteiger partial charge in [0.2, 0.25) is 11.8 Å².